The fraction of sp³-hybridized carbons (Fsp3) is 0.462. The summed E-state index contributed by atoms with van der Waals surface area (Å²) in [7, 11) is 0. The summed E-state index contributed by atoms with van der Waals surface area (Å²) in [6.07, 6.45) is 0.115. The first-order valence-corrected chi connectivity index (χ1v) is 12.6. The Balaban J connectivity index is 1.44. The summed E-state index contributed by atoms with van der Waals surface area (Å²) in [6.45, 7) is 2.11. The van der Waals surface area contributed by atoms with E-state index in [1.807, 2.05) is 0 Å². The van der Waals surface area contributed by atoms with Crippen molar-refractivity contribution in [2.24, 2.45) is 5.92 Å². The fourth-order valence-corrected chi connectivity index (χ4v) is 4.93. The van der Waals surface area contributed by atoms with Crippen molar-refractivity contribution in [1.82, 2.24) is 25.6 Å². The third-order valence-electron chi connectivity index (χ3n) is 7.12. The summed E-state index contributed by atoms with van der Waals surface area (Å²) in [6, 6.07) is 3.04. The number of carbonyl (C=O) groups is 2. The number of nitrogens with zero attached hydrogens (tertiary/aromatic N) is 2. The van der Waals surface area contributed by atoms with E-state index in [9.17, 15) is 22.8 Å². The number of hydrogen-bond acceptors (Lipinski definition) is 5. The van der Waals surface area contributed by atoms with E-state index in [-0.39, 0.29) is 35.0 Å². The predicted molar refractivity (Wildman–Crippen MR) is 132 cm³/mol. The Labute approximate surface area is 216 Å². The van der Waals surface area contributed by atoms with Gasteiger partial charge in [-0.3, -0.25) is 4.79 Å². The van der Waals surface area contributed by atoms with Crippen LogP contribution in [0.25, 0.3) is 22.3 Å². The number of aromatic amines is 1. The van der Waals surface area contributed by atoms with Crippen molar-refractivity contribution in [3.63, 3.8) is 0 Å². The smallest absolute Gasteiger partial charge is 0.416 e. The SMILES string of the molecule is Cc1[nH]c2c(-c3cc(C(F)(F)F)ccc3OCC3CC3)ncnc2c1C(=O)N[C@H]1CC[C@@H](NC(=O)O)CC1. The second kappa shape index (κ2) is 10.1. The number of carbonyl (C=O) groups excluding carboxylic acids is 1. The standard InChI is InChI=1S/C26H28F3N5O4/c1-13-20(24(35)33-16-5-7-17(8-6-16)34-25(36)37)22-23(32-13)21(30-12-31-22)18-10-15(26(27,28)29)4-9-19(18)38-11-14-2-3-14/h4,9-10,12,14,16-17,32,34H,2-3,5-8,11H2,1H3,(H,33,35)(H,36,37)/t16-,17+. The lowest BCUT2D eigenvalue weighted by molar-refractivity contribution is -0.137. The number of nitrogens with one attached hydrogen (secondary N) is 3. The lowest BCUT2D eigenvalue weighted by Crippen LogP contribution is -2.43. The van der Waals surface area contributed by atoms with Crippen LogP contribution in [0.4, 0.5) is 18.0 Å². The number of hydrogen-bond donors (Lipinski definition) is 4. The van der Waals surface area contributed by atoms with Gasteiger partial charge in [0.15, 0.2) is 0 Å². The first-order valence-electron chi connectivity index (χ1n) is 12.6. The average Bonchev–Trinajstić information content (AvgIpc) is 3.62. The molecule has 2 aromatic heterocycles. The van der Waals surface area contributed by atoms with Gasteiger partial charge in [-0.05, 0) is 69.6 Å². The highest BCUT2D eigenvalue weighted by molar-refractivity contribution is 6.09. The molecular weight excluding hydrogens is 503 g/mol. The Morgan fingerprint density at radius 2 is 1.76 bits per heavy atom. The van der Waals surface area contributed by atoms with Gasteiger partial charge in [0, 0.05) is 23.3 Å². The van der Waals surface area contributed by atoms with Crippen molar-refractivity contribution in [3.05, 3.63) is 41.3 Å². The number of ether oxygens (including phenoxy) is 1. The highest BCUT2D eigenvalue weighted by Crippen LogP contribution is 2.40. The number of carboxylic acid groups (broad SMARTS) is 1. The van der Waals surface area contributed by atoms with Crippen LogP contribution in [0.2, 0.25) is 0 Å². The van der Waals surface area contributed by atoms with Gasteiger partial charge in [0.2, 0.25) is 0 Å². The van der Waals surface area contributed by atoms with Crippen molar-refractivity contribution < 1.29 is 32.6 Å². The Morgan fingerprint density at radius 3 is 2.39 bits per heavy atom. The monoisotopic (exact) mass is 531 g/mol. The van der Waals surface area contributed by atoms with Crippen LogP contribution >= 0.6 is 0 Å². The Hall–Kier alpha value is -3.83. The minimum atomic E-state index is -4.55. The highest BCUT2D eigenvalue weighted by Gasteiger charge is 2.33. The van der Waals surface area contributed by atoms with E-state index in [1.54, 1.807) is 6.92 Å². The van der Waals surface area contributed by atoms with Crippen LogP contribution in [0.3, 0.4) is 0 Å². The molecule has 0 saturated heterocycles. The zero-order valence-corrected chi connectivity index (χ0v) is 20.7. The van der Waals surface area contributed by atoms with Crippen LogP contribution in [0.1, 0.15) is 60.1 Å². The number of aromatic nitrogens is 3. The van der Waals surface area contributed by atoms with E-state index in [2.05, 4.69) is 25.6 Å². The van der Waals surface area contributed by atoms with E-state index in [0.29, 0.717) is 60.5 Å². The van der Waals surface area contributed by atoms with E-state index in [4.69, 9.17) is 9.84 Å². The number of halogens is 3. The van der Waals surface area contributed by atoms with Gasteiger partial charge in [0.25, 0.3) is 5.91 Å². The first kappa shape index (κ1) is 25.8. The zero-order valence-electron chi connectivity index (χ0n) is 20.7. The van der Waals surface area contributed by atoms with Crippen LogP contribution in [0.15, 0.2) is 24.5 Å². The molecule has 0 spiro atoms. The normalized spacial score (nSPS) is 19.8. The Morgan fingerprint density at radius 1 is 1.08 bits per heavy atom. The largest absolute Gasteiger partial charge is 0.493 e. The number of aryl methyl sites for hydroxylation is 1. The molecule has 5 rings (SSSR count). The van der Waals surface area contributed by atoms with Crippen LogP contribution in [0.5, 0.6) is 5.75 Å². The third-order valence-corrected chi connectivity index (χ3v) is 7.12. The maximum atomic E-state index is 13.6. The van der Waals surface area contributed by atoms with Gasteiger partial charge in [0.05, 0.1) is 23.3 Å². The van der Waals surface area contributed by atoms with Crippen molar-refractivity contribution in [2.45, 2.75) is 63.7 Å². The molecule has 2 saturated carbocycles. The third kappa shape index (κ3) is 5.53. The van der Waals surface area contributed by atoms with Crippen LogP contribution in [-0.2, 0) is 6.18 Å². The molecule has 2 amide bonds. The summed E-state index contributed by atoms with van der Waals surface area (Å²) < 4.78 is 46.6. The summed E-state index contributed by atoms with van der Waals surface area (Å²) in [4.78, 5) is 35.8. The highest BCUT2D eigenvalue weighted by atomic mass is 19.4. The van der Waals surface area contributed by atoms with Gasteiger partial charge in [0.1, 0.15) is 23.3 Å². The van der Waals surface area contributed by atoms with Gasteiger partial charge >= 0.3 is 12.3 Å². The number of benzene rings is 1. The van der Waals surface area contributed by atoms with Crippen molar-refractivity contribution >= 4 is 23.0 Å². The lowest BCUT2D eigenvalue weighted by Gasteiger charge is -2.28. The molecule has 1 aromatic carbocycles. The van der Waals surface area contributed by atoms with E-state index < -0.39 is 17.8 Å². The number of alkyl halides is 3. The molecule has 202 valence electrons. The van der Waals surface area contributed by atoms with E-state index >= 15 is 0 Å². The summed E-state index contributed by atoms with van der Waals surface area (Å²) in [5.74, 6) is 0.325. The topological polar surface area (TPSA) is 129 Å². The number of rotatable bonds is 7. The van der Waals surface area contributed by atoms with Crippen LogP contribution < -0.4 is 15.4 Å². The van der Waals surface area contributed by atoms with E-state index in [0.717, 1.165) is 25.0 Å². The maximum Gasteiger partial charge on any atom is 0.416 e. The van der Waals surface area contributed by atoms with Crippen molar-refractivity contribution in [3.8, 4) is 17.0 Å². The molecule has 0 bridgehead atoms. The first-order chi connectivity index (χ1) is 18.1. The van der Waals surface area contributed by atoms with Crippen molar-refractivity contribution in [2.75, 3.05) is 6.61 Å². The van der Waals surface area contributed by atoms with Gasteiger partial charge in [-0.15, -0.1) is 0 Å². The molecular formula is C26H28F3N5O4. The summed E-state index contributed by atoms with van der Waals surface area (Å²) in [5, 5.41) is 14.4. The second-order valence-corrected chi connectivity index (χ2v) is 10.0. The molecule has 2 aliphatic carbocycles. The molecule has 9 nitrogen and oxygen atoms in total. The zero-order chi connectivity index (χ0) is 27.0. The molecule has 4 N–H and O–H groups in total. The lowest BCUT2D eigenvalue weighted by atomic mass is 9.91. The fourth-order valence-electron chi connectivity index (χ4n) is 4.93. The number of amides is 2. The second-order valence-electron chi connectivity index (χ2n) is 10.0. The maximum absolute atomic E-state index is 13.6. The van der Waals surface area contributed by atoms with Crippen LogP contribution in [0, 0.1) is 12.8 Å². The molecule has 12 heteroatoms. The quantitative estimate of drug-likeness (QED) is 0.338. The molecule has 2 fully saturated rings. The molecule has 38 heavy (non-hydrogen) atoms. The molecule has 0 atom stereocenters. The molecule has 0 aliphatic heterocycles. The minimum absolute atomic E-state index is 0.133. The molecule has 3 aromatic rings. The van der Waals surface area contributed by atoms with Gasteiger partial charge < -0.3 is 25.5 Å². The van der Waals surface area contributed by atoms with E-state index in [1.165, 1.54) is 12.4 Å². The van der Waals surface area contributed by atoms with Gasteiger partial charge in [-0.1, -0.05) is 0 Å². The average molecular weight is 532 g/mol. The van der Waals surface area contributed by atoms with Gasteiger partial charge in [-0.2, -0.15) is 13.2 Å². The molecule has 0 radical (unpaired) electrons. The molecule has 2 aliphatic rings. The predicted octanol–water partition coefficient (Wildman–Crippen LogP) is 5.05. The molecule has 2 heterocycles. The summed E-state index contributed by atoms with van der Waals surface area (Å²) in [5.41, 5.74) is 1.01. The van der Waals surface area contributed by atoms with Crippen molar-refractivity contribution in [1.29, 1.82) is 0 Å². The van der Waals surface area contributed by atoms with Gasteiger partial charge in [-0.25, -0.2) is 14.8 Å². The summed E-state index contributed by atoms with van der Waals surface area (Å²) >= 11 is 0. The number of fused-ring (bicyclic) bond motifs is 1. The Bertz CT molecular complexity index is 1360. The Kier molecular flexibility index (Phi) is 6.89. The minimum Gasteiger partial charge on any atom is -0.493 e. The molecule has 0 unspecified atom stereocenters. The number of H-pyrrole nitrogens is 1. The van der Waals surface area contributed by atoms with Crippen LogP contribution in [-0.4, -0.2) is 50.7 Å².